The molecule has 1 atom stereocenters. The third-order valence-corrected chi connectivity index (χ3v) is 2.63. The molecule has 0 fully saturated rings. The molecule has 2 heteroatoms. The summed E-state index contributed by atoms with van der Waals surface area (Å²) < 4.78 is 0. The molecule has 2 nitrogen and oxygen atoms in total. The summed E-state index contributed by atoms with van der Waals surface area (Å²) in [5.74, 6) is 0.701. The van der Waals surface area contributed by atoms with Gasteiger partial charge in [0.15, 0.2) is 0 Å². The van der Waals surface area contributed by atoms with Crippen LogP contribution in [0.1, 0.15) is 37.7 Å². The van der Waals surface area contributed by atoms with Gasteiger partial charge in [-0.1, -0.05) is 11.6 Å². The minimum Gasteiger partial charge on any atom is -0.285 e. The fourth-order valence-electron chi connectivity index (χ4n) is 1.75. The first-order valence-electron chi connectivity index (χ1n) is 4.50. The van der Waals surface area contributed by atoms with Gasteiger partial charge in [0, 0.05) is 6.20 Å². The molecule has 1 aliphatic carbocycles. The van der Waals surface area contributed by atoms with Crippen molar-refractivity contribution in [2.45, 2.75) is 32.1 Å². The summed E-state index contributed by atoms with van der Waals surface area (Å²) in [6.07, 6.45) is 10.0. The van der Waals surface area contributed by atoms with Gasteiger partial charge in [-0.25, -0.2) is 0 Å². The molecule has 1 aromatic heterocycles. The molecule has 2 rings (SSSR count). The van der Waals surface area contributed by atoms with Gasteiger partial charge < -0.3 is 0 Å². The van der Waals surface area contributed by atoms with Crippen LogP contribution in [0.5, 0.6) is 0 Å². The Balaban J connectivity index is 2.09. The van der Waals surface area contributed by atoms with Crippen molar-refractivity contribution in [3.05, 3.63) is 29.6 Å². The number of allylic oxidation sites excluding steroid dienone is 2. The Morgan fingerprint density at radius 3 is 3.08 bits per heavy atom. The second-order valence-corrected chi connectivity index (χ2v) is 3.55. The summed E-state index contributed by atoms with van der Waals surface area (Å²) in [7, 11) is 0. The van der Waals surface area contributed by atoms with Crippen molar-refractivity contribution in [3.63, 3.8) is 0 Å². The highest BCUT2D eigenvalue weighted by atomic mass is 15.1. The van der Waals surface area contributed by atoms with E-state index in [1.54, 1.807) is 0 Å². The summed E-state index contributed by atoms with van der Waals surface area (Å²) in [5, 5.41) is 6.84. The Morgan fingerprint density at radius 1 is 1.58 bits per heavy atom. The maximum Gasteiger partial charge on any atom is 0.0522 e. The minimum atomic E-state index is 0.701. The molecular weight excluding hydrogens is 148 g/mol. The molecular formula is C10H14N2. The molecule has 0 spiro atoms. The van der Waals surface area contributed by atoms with Crippen molar-refractivity contribution in [1.29, 1.82) is 0 Å². The van der Waals surface area contributed by atoms with Crippen LogP contribution in [0, 0.1) is 0 Å². The third-order valence-electron chi connectivity index (χ3n) is 2.63. The standard InChI is InChI=1S/C10H14N2/c1-8-2-4-9(5-3-8)10-6-11-12-7-10/h2,6-7,9H,3-5H2,1H3,(H,11,12). The highest BCUT2D eigenvalue weighted by molar-refractivity contribution is 5.16. The molecule has 0 saturated carbocycles. The lowest BCUT2D eigenvalue weighted by Crippen LogP contribution is -2.01. The van der Waals surface area contributed by atoms with Crippen LogP contribution in [0.4, 0.5) is 0 Å². The van der Waals surface area contributed by atoms with Crippen molar-refractivity contribution < 1.29 is 0 Å². The number of aromatic amines is 1. The number of aromatic nitrogens is 2. The largest absolute Gasteiger partial charge is 0.285 e. The van der Waals surface area contributed by atoms with E-state index >= 15 is 0 Å². The molecule has 0 bridgehead atoms. The summed E-state index contributed by atoms with van der Waals surface area (Å²) in [6.45, 7) is 2.21. The zero-order valence-corrected chi connectivity index (χ0v) is 7.38. The first-order chi connectivity index (χ1) is 5.86. The van der Waals surface area contributed by atoms with E-state index in [4.69, 9.17) is 0 Å². The van der Waals surface area contributed by atoms with E-state index < -0.39 is 0 Å². The van der Waals surface area contributed by atoms with E-state index in [-0.39, 0.29) is 0 Å². The lowest BCUT2D eigenvalue weighted by molar-refractivity contribution is 0.599. The molecule has 0 aromatic carbocycles. The van der Waals surface area contributed by atoms with Crippen LogP contribution in [-0.4, -0.2) is 10.2 Å². The summed E-state index contributed by atoms with van der Waals surface area (Å²) in [5.41, 5.74) is 2.90. The molecule has 0 radical (unpaired) electrons. The molecule has 0 aliphatic heterocycles. The van der Waals surface area contributed by atoms with Crippen LogP contribution in [0.15, 0.2) is 24.0 Å². The van der Waals surface area contributed by atoms with Crippen LogP contribution in [0.2, 0.25) is 0 Å². The van der Waals surface area contributed by atoms with Crippen molar-refractivity contribution in [2.24, 2.45) is 0 Å². The number of nitrogens with one attached hydrogen (secondary N) is 1. The Hall–Kier alpha value is -1.05. The van der Waals surface area contributed by atoms with Gasteiger partial charge in [0.1, 0.15) is 0 Å². The van der Waals surface area contributed by atoms with Crippen LogP contribution in [0.3, 0.4) is 0 Å². The first-order valence-corrected chi connectivity index (χ1v) is 4.50. The third kappa shape index (κ3) is 1.42. The van der Waals surface area contributed by atoms with Gasteiger partial charge in [0.05, 0.1) is 6.20 Å². The highest BCUT2D eigenvalue weighted by Gasteiger charge is 2.14. The molecule has 1 heterocycles. The smallest absolute Gasteiger partial charge is 0.0522 e. The van der Waals surface area contributed by atoms with Crippen LogP contribution in [0.25, 0.3) is 0 Å². The van der Waals surface area contributed by atoms with Gasteiger partial charge in [0.25, 0.3) is 0 Å². The van der Waals surface area contributed by atoms with Crippen molar-refractivity contribution in [2.75, 3.05) is 0 Å². The Kier molecular flexibility index (Phi) is 1.98. The van der Waals surface area contributed by atoms with E-state index in [0.717, 1.165) is 0 Å². The Bertz CT molecular complexity index is 272. The average Bonchev–Trinajstić information content (AvgIpc) is 2.58. The van der Waals surface area contributed by atoms with Crippen molar-refractivity contribution in [1.82, 2.24) is 10.2 Å². The van der Waals surface area contributed by atoms with Gasteiger partial charge in [0.2, 0.25) is 0 Å². The molecule has 0 saturated heterocycles. The monoisotopic (exact) mass is 162 g/mol. The van der Waals surface area contributed by atoms with Gasteiger partial charge in [-0.3, -0.25) is 5.10 Å². The lowest BCUT2D eigenvalue weighted by Gasteiger charge is -2.18. The Labute approximate surface area is 72.7 Å². The second kappa shape index (κ2) is 3.13. The second-order valence-electron chi connectivity index (χ2n) is 3.55. The van der Waals surface area contributed by atoms with Gasteiger partial charge >= 0.3 is 0 Å². The van der Waals surface area contributed by atoms with E-state index in [0.29, 0.717) is 5.92 Å². The summed E-state index contributed by atoms with van der Waals surface area (Å²) in [6, 6.07) is 0. The molecule has 1 unspecified atom stereocenters. The van der Waals surface area contributed by atoms with E-state index in [9.17, 15) is 0 Å². The molecule has 1 aromatic rings. The van der Waals surface area contributed by atoms with E-state index in [1.165, 1.54) is 30.4 Å². The first kappa shape index (κ1) is 7.59. The van der Waals surface area contributed by atoms with Crippen LogP contribution in [-0.2, 0) is 0 Å². The molecule has 0 amide bonds. The maximum atomic E-state index is 3.97. The SMILES string of the molecule is CC1=CCC(c2cn[nH]c2)CC1. The summed E-state index contributed by atoms with van der Waals surface area (Å²) in [4.78, 5) is 0. The van der Waals surface area contributed by atoms with Crippen molar-refractivity contribution >= 4 is 0 Å². The molecule has 12 heavy (non-hydrogen) atoms. The number of hydrogen-bond donors (Lipinski definition) is 1. The quantitative estimate of drug-likeness (QED) is 0.632. The Morgan fingerprint density at radius 2 is 2.50 bits per heavy atom. The lowest BCUT2D eigenvalue weighted by atomic mass is 9.87. The fraction of sp³-hybridized carbons (Fsp3) is 0.500. The maximum absolute atomic E-state index is 3.97. The molecule has 1 N–H and O–H groups in total. The number of hydrogen-bond acceptors (Lipinski definition) is 1. The topological polar surface area (TPSA) is 28.7 Å². The van der Waals surface area contributed by atoms with Gasteiger partial charge in [-0.15, -0.1) is 0 Å². The van der Waals surface area contributed by atoms with Crippen LogP contribution < -0.4 is 0 Å². The number of nitrogens with zero attached hydrogens (tertiary/aromatic N) is 1. The minimum absolute atomic E-state index is 0.701. The number of H-pyrrole nitrogens is 1. The fourth-order valence-corrected chi connectivity index (χ4v) is 1.75. The predicted octanol–water partition coefficient (Wildman–Crippen LogP) is 2.62. The normalized spacial score (nSPS) is 23.8. The van der Waals surface area contributed by atoms with E-state index in [1.807, 2.05) is 12.4 Å². The van der Waals surface area contributed by atoms with Crippen LogP contribution >= 0.6 is 0 Å². The molecule has 1 aliphatic rings. The highest BCUT2D eigenvalue weighted by Crippen LogP contribution is 2.30. The van der Waals surface area contributed by atoms with Crippen molar-refractivity contribution in [3.8, 4) is 0 Å². The van der Waals surface area contributed by atoms with E-state index in [2.05, 4.69) is 23.2 Å². The van der Waals surface area contributed by atoms with Gasteiger partial charge in [-0.2, -0.15) is 5.10 Å². The van der Waals surface area contributed by atoms with Gasteiger partial charge in [-0.05, 0) is 37.7 Å². The average molecular weight is 162 g/mol. The predicted molar refractivity (Wildman–Crippen MR) is 48.9 cm³/mol. The zero-order chi connectivity index (χ0) is 8.39. The summed E-state index contributed by atoms with van der Waals surface area (Å²) >= 11 is 0. The zero-order valence-electron chi connectivity index (χ0n) is 7.38. The molecule has 64 valence electrons. The number of rotatable bonds is 1.